The first kappa shape index (κ1) is 9.14. The van der Waals surface area contributed by atoms with Gasteiger partial charge in [-0.25, -0.2) is 19.3 Å². The number of halogens is 1. The van der Waals surface area contributed by atoms with Crippen molar-refractivity contribution in [2.75, 3.05) is 12.0 Å². The lowest BCUT2D eigenvalue weighted by Gasteiger charge is -2.00. The summed E-state index contributed by atoms with van der Waals surface area (Å²) in [6.07, 6.45) is 3.39. The van der Waals surface area contributed by atoms with Crippen molar-refractivity contribution < 1.29 is 4.39 Å². The van der Waals surface area contributed by atoms with Crippen molar-refractivity contribution >= 4 is 28.6 Å². The zero-order valence-corrected chi connectivity index (χ0v) is 8.18. The van der Waals surface area contributed by atoms with E-state index in [1.54, 1.807) is 0 Å². The van der Waals surface area contributed by atoms with Gasteiger partial charge >= 0.3 is 0 Å². The van der Waals surface area contributed by atoms with Gasteiger partial charge < -0.3 is 5.73 Å². The molecule has 0 saturated carbocycles. The molecule has 2 N–H and O–H groups in total. The topological polar surface area (TPSA) is 64.7 Å². The monoisotopic (exact) mass is 210 g/mol. The summed E-state index contributed by atoms with van der Waals surface area (Å²) >= 11 is 1.40. The summed E-state index contributed by atoms with van der Waals surface area (Å²) in [5.74, 6) is -0.679. The predicted octanol–water partition coefficient (Wildman–Crippen LogP) is 1.47. The average molecular weight is 210 g/mol. The maximum atomic E-state index is 13.0. The molecule has 0 atom stereocenters. The Balaban J connectivity index is 2.70. The fraction of sp³-hybridized carbons (Fsp3) is 0.125. The third kappa shape index (κ3) is 1.48. The minimum absolute atomic E-state index is 0.136. The number of pyridine rings is 1. The number of thioether (sulfide) groups is 1. The fourth-order valence-electron chi connectivity index (χ4n) is 1.03. The van der Waals surface area contributed by atoms with E-state index in [2.05, 4.69) is 15.0 Å². The molecule has 0 unspecified atom stereocenters. The van der Waals surface area contributed by atoms with Crippen LogP contribution in [0, 0.1) is 5.82 Å². The van der Waals surface area contributed by atoms with Crippen molar-refractivity contribution in [3.8, 4) is 0 Å². The van der Waals surface area contributed by atoms with Crippen LogP contribution in [0.2, 0.25) is 0 Å². The van der Waals surface area contributed by atoms with Gasteiger partial charge in [0.05, 0.1) is 0 Å². The molecule has 2 aromatic heterocycles. The molecule has 2 heterocycles. The van der Waals surface area contributed by atoms with Crippen molar-refractivity contribution in [3.05, 3.63) is 18.1 Å². The van der Waals surface area contributed by atoms with Crippen LogP contribution in [0.25, 0.3) is 11.0 Å². The molecule has 0 aromatic carbocycles. The Morgan fingerprint density at radius 2 is 2.21 bits per heavy atom. The standard InChI is InChI=1S/C8H7FN4S/c1-14-8-11-3-4-2-5(9)6(10)12-7(4)13-8/h2-3H,1H3,(H2,10,11,12,13). The second kappa shape index (κ2) is 3.38. The summed E-state index contributed by atoms with van der Waals surface area (Å²) in [5, 5.41) is 1.14. The highest BCUT2D eigenvalue weighted by atomic mass is 32.2. The number of nitrogen functional groups attached to an aromatic ring is 1. The molecule has 0 bridgehead atoms. The van der Waals surface area contributed by atoms with Crippen molar-refractivity contribution in [1.29, 1.82) is 0 Å². The lowest BCUT2D eigenvalue weighted by molar-refractivity contribution is 0.629. The Morgan fingerprint density at radius 3 is 2.93 bits per heavy atom. The maximum Gasteiger partial charge on any atom is 0.189 e. The van der Waals surface area contributed by atoms with Crippen LogP contribution in [-0.2, 0) is 0 Å². The van der Waals surface area contributed by atoms with E-state index in [-0.39, 0.29) is 5.82 Å². The van der Waals surface area contributed by atoms with Crippen LogP contribution < -0.4 is 5.73 Å². The summed E-state index contributed by atoms with van der Waals surface area (Å²) in [4.78, 5) is 11.9. The molecule has 0 aliphatic carbocycles. The summed E-state index contributed by atoms with van der Waals surface area (Å²) in [6.45, 7) is 0. The fourth-order valence-corrected chi connectivity index (χ4v) is 1.37. The highest BCUT2D eigenvalue weighted by molar-refractivity contribution is 7.98. The number of aromatic nitrogens is 3. The van der Waals surface area contributed by atoms with Crippen LogP contribution >= 0.6 is 11.8 Å². The lowest BCUT2D eigenvalue weighted by Crippen LogP contribution is -1.98. The first-order chi connectivity index (χ1) is 6.70. The van der Waals surface area contributed by atoms with E-state index in [4.69, 9.17) is 5.73 Å². The average Bonchev–Trinajstić information content (AvgIpc) is 2.19. The van der Waals surface area contributed by atoms with Crippen LogP contribution in [-0.4, -0.2) is 21.2 Å². The van der Waals surface area contributed by atoms with Crippen molar-refractivity contribution in [2.45, 2.75) is 5.16 Å². The number of nitrogens with zero attached hydrogens (tertiary/aromatic N) is 3. The van der Waals surface area contributed by atoms with Gasteiger partial charge in [-0.05, 0) is 12.3 Å². The number of fused-ring (bicyclic) bond motifs is 1. The summed E-state index contributed by atoms with van der Waals surface area (Å²) < 4.78 is 13.0. The van der Waals surface area contributed by atoms with Gasteiger partial charge in [0.2, 0.25) is 0 Å². The van der Waals surface area contributed by atoms with Crippen molar-refractivity contribution in [3.63, 3.8) is 0 Å². The van der Waals surface area contributed by atoms with Gasteiger partial charge in [-0.3, -0.25) is 0 Å². The Morgan fingerprint density at radius 1 is 1.43 bits per heavy atom. The minimum atomic E-state index is -0.544. The van der Waals surface area contributed by atoms with E-state index in [9.17, 15) is 4.39 Å². The number of anilines is 1. The van der Waals surface area contributed by atoms with E-state index < -0.39 is 5.82 Å². The first-order valence-electron chi connectivity index (χ1n) is 3.83. The molecular formula is C8H7FN4S. The van der Waals surface area contributed by atoms with Gasteiger partial charge in [0.1, 0.15) is 0 Å². The van der Waals surface area contributed by atoms with Crippen molar-refractivity contribution in [2.24, 2.45) is 0 Å². The highest BCUT2D eigenvalue weighted by Gasteiger charge is 2.05. The number of hydrogen-bond donors (Lipinski definition) is 1. The molecule has 0 amide bonds. The van der Waals surface area contributed by atoms with Crippen molar-refractivity contribution in [1.82, 2.24) is 15.0 Å². The number of rotatable bonds is 1. The van der Waals surface area contributed by atoms with E-state index in [0.717, 1.165) is 0 Å². The molecule has 0 spiro atoms. The van der Waals surface area contributed by atoms with Crippen LogP contribution in [0.15, 0.2) is 17.4 Å². The first-order valence-corrected chi connectivity index (χ1v) is 5.06. The maximum absolute atomic E-state index is 13.0. The molecule has 6 heteroatoms. The van der Waals surface area contributed by atoms with Gasteiger partial charge in [-0.2, -0.15) is 0 Å². The molecular weight excluding hydrogens is 203 g/mol. The van der Waals surface area contributed by atoms with Gasteiger partial charge in [0.15, 0.2) is 22.4 Å². The zero-order valence-electron chi connectivity index (χ0n) is 7.36. The summed E-state index contributed by atoms with van der Waals surface area (Å²) in [6, 6.07) is 1.28. The molecule has 4 nitrogen and oxygen atoms in total. The van der Waals surface area contributed by atoms with E-state index in [1.165, 1.54) is 24.0 Å². The highest BCUT2D eigenvalue weighted by Crippen LogP contribution is 2.17. The van der Waals surface area contributed by atoms with E-state index in [0.29, 0.717) is 16.2 Å². The summed E-state index contributed by atoms with van der Waals surface area (Å²) in [7, 11) is 0. The molecule has 0 fully saturated rings. The second-order valence-corrected chi connectivity index (χ2v) is 3.40. The molecule has 0 aliphatic rings. The van der Waals surface area contributed by atoms with Crippen LogP contribution in [0.3, 0.4) is 0 Å². The third-order valence-electron chi connectivity index (χ3n) is 1.71. The Hall–Kier alpha value is -1.43. The smallest absolute Gasteiger partial charge is 0.189 e. The zero-order chi connectivity index (χ0) is 10.1. The number of hydrogen-bond acceptors (Lipinski definition) is 5. The Bertz CT molecular complexity index is 488. The second-order valence-electron chi connectivity index (χ2n) is 2.62. The van der Waals surface area contributed by atoms with Crippen LogP contribution in [0.1, 0.15) is 0 Å². The van der Waals surface area contributed by atoms with E-state index in [1.807, 2.05) is 6.26 Å². The third-order valence-corrected chi connectivity index (χ3v) is 2.27. The minimum Gasteiger partial charge on any atom is -0.381 e. The molecule has 0 saturated heterocycles. The Labute approximate surface area is 83.8 Å². The quantitative estimate of drug-likeness (QED) is 0.570. The van der Waals surface area contributed by atoms with E-state index >= 15 is 0 Å². The normalized spacial score (nSPS) is 10.7. The molecule has 2 rings (SSSR count). The van der Waals surface area contributed by atoms with Gasteiger partial charge in [0.25, 0.3) is 0 Å². The van der Waals surface area contributed by atoms with Gasteiger partial charge in [-0.1, -0.05) is 11.8 Å². The molecule has 14 heavy (non-hydrogen) atoms. The van der Waals surface area contributed by atoms with Gasteiger partial charge in [0, 0.05) is 11.6 Å². The molecule has 0 aliphatic heterocycles. The lowest BCUT2D eigenvalue weighted by atomic mass is 10.3. The van der Waals surface area contributed by atoms with Crippen LogP contribution in [0.4, 0.5) is 10.2 Å². The predicted molar refractivity (Wildman–Crippen MR) is 53.5 cm³/mol. The largest absolute Gasteiger partial charge is 0.381 e. The van der Waals surface area contributed by atoms with Gasteiger partial charge in [-0.15, -0.1) is 0 Å². The Kier molecular flexibility index (Phi) is 2.20. The number of nitrogens with two attached hydrogens (primary N) is 1. The molecule has 2 aromatic rings. The summed E-state index contributed by atoms with van der Waals surface area (Å²) in [5.41, 5.74) is 5.74. The SMILES string of the molecule is CSc1ncc2cc(F)c(N)nc2n1. The van der Waals surface area contributed by atoms with Crippen LogP contribution in [0.5, 0.6) is 0 Å². The molecule has 0 radical (unpaired) electrons. The molecule has 72 valence electrons.